The molecule has 1 aliphatic rings. The fraction of sp³-hybridized carbons (Fsp3) is 0.500. The van der Waals surface area contributed by atoms with Crippen molar-refractivity contribution >= 4 is 33.5 Å². The minimum absolute atomic E-state index is 0.0508. The number of aromatic nitrogens is 4. The molecule has 0 aromatic carbocycles. The molecule has 0 unspecified atom stereocenters. The summed E-state index contributed by atoms with van der Waals surface area (Å²) >= 11 is 2.21. The van der Waals surface area contributed by atoms with Crippen molar-refractivity contribution < 1.29 is 0 Å². The predicted molar refractivity (Wildman–Crippen MR) is 68.5 cm³/mol. The maximum Gasteiger partial charge on any atom is 0.295 e. The van der Waals surface area contributed by atoms with Crippen LogP contribution in [-0.4, -0.2) is 19.6 Å². The highest BCUT2D eigenvalue weighted by Crippen LogP contribution is 2.32. The van der Waals surface area contributed by atoms with Gasteiger partial charge < -0.3 is 0 Å². The van der Waals surface area contributed by atoms with Crippen molar-refractivity contribution in [1.29, 1.82) is 0 Å². The summed E-state index contributed by atoms with van der Waals surface area (Å²) in [5, 5.41) is 9.43. The zero-order valence-electron chi connectivity index (χ0n) is 8.85. The first kappa shape index (κ1) is 10.2. The monoisotopic (exact) mass is 330 g/mol. The second-order valence-corrected chi connectivity index (χ2v) is 5.02. The van der Waals surface area contributed by atoms with Crippen LogP contribution in [0.5, 0.6) is 0 Å². The van der Waals surface area contributed by atoms with Gasteiger partial charge in [-0.1, -0.05) is 0 Å². The van der Waals surface area contributed by atoms with Crippen LogP contribution in [0.25, 0.3) is 10.9 Å². The summed E-state index contributed by atoms with van der Waals surface area (Å²) in [6.45, 7) is 2.79. The molecular weight excluding hydrogens is 319 g/mol. The van der Waals surface area contributed by atoms with Crippen LogP contribution in [0.15, 0.2) is 11.0 Å². The Kier molecular flexibility index (Phi) is 2.27. The van der Waals surface area contributed by atoms with E-state index < -0.39 is 0 Å². The normalized spacial score (nSPS) is 15.9. The Hall–Kier alpha value is -0.920. The number of halogens is 1. The lowest BCUT2D eigenvalue weighted by Crippen LogP contribution is -2.21. The van der Waals surface area contributed by atoms with E-state index in [1.165, 1.54) is 0 Å². The van der Waals surface area contributed by atoms with Crippen molar-refractivity contribution in [2.75, 3.05) is 0 Å². The van der Waals surface area contributed by atoms with Gasteiger partial charge in [0.2, 0.25) is 0 Å². The van der Waals surface area contributed by atoms with Gasteiger partial charge in [0.25, 0.3) is 5.56 Å². The third-order valence-corrected chi connectivity index (χ3v) is 3.98. The van der Waals surface area contributed by atoms with Gasteiger partial charge in [-0.3, -0.25) is 9.48 Å². The zero-order valence-corrected chi connectivity index (χ0v) is 11.0. The Labute approximate surface area is 106 Å². The number of nitrogens with zero attached hydrogens (tertiary/aromatic N) is 4. The SMILES string of the molecule is CCn1nc2c(=O)n(C3CC3)ncc2c1I. The molecule has 0 spiro atoms. The van der Waals surface area contributed by atoms with E-state index in [-0.39, 0.29) is 5.56 Å². The quantitative estimate of drug-likeness (QED) is 0.785. The highest BCUT2D eigenvalue weighted by Gasteiger charge is 2.27. The van der Waals surface area contributed by atoms with Crippen LogP contribution in [0, 0.1) is 3.70 Å². The van der Waals surface area contributed by atoms with Gasteiger partial charge in [0.15, 0.2) is 5.52 Å². The molecule has 0 saturated heterocycles. The average molecular weight is 330 g/mol. The Morgan fingerprint density at radius 1 is 1.56 bits per heavy atom. The van der Waals surface area contributed by atoms with E-state index in [0.717, 1.165) is 28.5 Å². The lowest BCUT2D eigenvalue weighted by Gasteiger charge is -1.99. The van der Waals surface area contributed by atoms with E-state index in [0.29, 0.717) is 11.6 Å². The highest BCUT2D eigenvalue weighted by atomic mass is 127. The summed E-state index contributed by atoms with van der Waals surface area (Å²) in [7, 11) is 0. The largest absolute Gasteiger partial charge is 0.295 e. The van der Waals surface area contributed by atoms with Crippen LogP contribution in [0.1, 0.15) is 25.8 Å². The zero-order chi connectivity index (χ0) is 11.3. The van der Waals surface area contributed by atoms with Crippen molar-refractivity contribution in [1.82, 2.24) is 19.6 Å². The number of hydrogen-bond donors (Lipinski definition) is 0. The van der Waals surface area contributed by atoms with Crippen LogP contribution in [0.4, 0.5) is 0 Å². The van der Waals surface area contributed by atoms with E-state index in [9.17, 15) is 4.79 Å². The minimum Gasteiger partial charge on any atom is -0.265 e. The van der Waals surface area contributed by atoms with Gasteiger partial charge in [-0.2, -0.15) is 10.2 Å². The molecule has 0 radical (unpaired) electrons. The van der Waals surface area contributed by atoms with Crippen molar-refractivity contribution in [3.63, 3.8) is 0 Å². The first-order valence-corrected chi connectivity index (χ1v) is 6.44. The standard InChI is InChI=1S/C10H11IN4O/c1-2-14-9(11)7-5-12-15(6-3-4-6)10(16)8(7)13-14/h5-6H,2-4H2,1H3. The van der Waals surface area contributed by atoms with Crippen LogP contribution in [-0.2, 0) is 6.54 Å². The second-order valence-electron chi connectivity index (χ2n) is 3.99. The van der Waals surface area contributed by atoms with Crippen molar-refractivity contribution in [2.24, 2.45) is 0 Å². The van der Waals surface area contributed by atoms with Gasteiger partial charge >= 0.3 is 0 Å². The summed E-state index contributed by atoms with van der Waals surface area (Å²) in [5.41, 5.74) is 0.498. The molecule has 3 rings (SSSR count). The van der Waals surface area contributed by atoms with E-state index in [2.05, 4.69) is 32.8 Å². The highest BCUT2D eigenvalue weighted by molar-refractivity contribution is 14.1. The molecule has 0 bridgehead atoms. The maximum atomic E-state index is 12.1. The second kappa shape index (κ2) is 3.54. The van der Waals surface area contributed by atoms with Gasteiger partial charge in [-0.25, -0.2) is 4.68 Å². The van der Waals surface area contributed by atoms with Gasteiger partial charge in [-0.15, -0.1) is 0 Å². The Balaban J connectivity index is 2.31. The third kappa shape index (κ3) is 1.39. The molecule has 2 aromatic heterocycles. The molecule has 84 valence electrons. The molecule has 16 heavy (non-hydrogen) atoms. The Morgan fingerprint density at radius 2 is 2.31 bits per heavy atom. The molecule has 5 nitrogen and oxygen atoms in total. The summed E-state index contributed by atoms with van der Waals surface area (Å²) in [5.74, 6) is 0. The molecule has 1 aliphatic carbocycles. The van der Waals surface area contributed by atoms with Crippen LogP contribution in [0.2, 0.25) is 0 Å². The number of rotatable bonds is 2. The fourth-order valence-electron chi connectivity index (χ4n) is 1.80. The van der Waals surface area contributed by atoms with Crippen LogP contribution >= 0.6 is 22.6 Å². The Bertz CT molecular complexity index is 611. The topological polar surface area (TPSA) is 52.7 Å². The number of fused-ring (bicyclic) bond motifs is 1. The summed E-state index contributed by atoms with van der Waals surface area (Å²) < 4.78 is 4.40. The van der Waals surface area contributed by atoms with E-state index in [4.69, 9.17) is 0 Å². The molecule has 2 aromatic rings. The summed E-state index contributed by atoms with van der Waals surface area (Å²) in [4.78, 5) is 12.1. The molecule has 0 atom stereocenters. The van der Waals surface area contributed by atoms with E-state index in [1.807, 2.05) is 11.6 Å². The molecule has 0 aliphatic heterocycles. The first-order chi connectivity index (χ1) is 7.72. The minimum atomic E-state index is -0.0508. The molecule has 0 amide bonds. The van der Waals surface area contributed by atoms with Gasteiger partial charge in [0.05, 0.1) is 17.6 Å². The summed E-state index contributed by atoms with van der Waals surface area (Å²) in [6.07, 6.45) is 3.88. The smallest absolute Gasteiger partial charge is 0.265 e. The number of hydrogen-bond acceptors (Lipinski definition) is 3. The van der Waals surface area contributed by atoms with E-state index >= 15 is 0 Å². The van der Waals surface area contributed by atoms with Gasteiger partial charge in [-0.05, 0) is 42.4 Å². The van der Waals surface area contributed by atoms with Crippen LogP contribution in [0.3, 0.4) is 0 Å². The lowest BCUT2D eigenvalue weighted by molar-refractivity contribution is 0.602. The van der Waals surface area contributed by atoms with Gasteiger partial charge in [0, 0.05) is 6.54 Å². The predicted octanol–water partition coefficient (Wildman–Crippen LogP) is 1.55. The maximum absolute atomic E-state index is 12.1. The molecule has 1 fully saturated rings. The van der Waals surface area contributed by atoms with Crippen molar-refractivity contribution in [3.05, 3.63) is 20.3 Å². The fourth-order valence-corrected chi connectivity index (χ4v) is 2.64. The van der Waals surface area contributed by atoms with Crippen molar-refractivity contribution in [3.8, 4) is 0 Å². The molecule has 6 heteroatoms. The van der Waals surface area contributed by atoms with Crippen LogP contribution < -0.4 is 5.56 Å². The van der Waals surface area contributed by atoms with E-state index in [1.54, 1.807) is 10.9 Å². The number of aryl methyl sites for hydroxylation is 1. The average Bonchev–Trinajstić information content (AvgIpc) is 3.05. The molecule has 0 N–H and O–H groups in total. The Morgan fingerprint density at radius 3 is 2.94 bits per heavy atom. The van der Waals surface area contributed by atoms with Gasteiger partial charge in [0.1, 0.15) is 3.70 Å². The third-order valence-electron chi connectivity index (χ3n) is 2.84. The molecule has 2 heterocycles. The molecule has 1 saturated carbocycles. The lowest BCUT2D eigenvalue weighted by atomic mass is 10.4. The van der Waals surface area contributed by atoms with Crippen molar-refractivity contribution in [2.45, 2.75) is 32.4 Å². The summed E-state index contributed by atoms with van der Waals surface area (Å²) in [6, 6.07) is 0.307. The first-order valence-electron chi connectivity index (χ1n) is 5.36. The molecular formula is C10H11IN4O.